The van der Waals surface area contributed by atoms with E-state index in [0.29, 0.717) is 12.1 Å². The summed E-state index contributed by atoms with van der Waals surface area (Å²) in [4.78, 5) is 23.0. The molecule has 0 fully saturated rings. The number of rotatable bonds is 3. The van der Waals surface area contributed by atoms with E-state index in [0.717, 1.165) is 10.5 Å². The smallest absolute Gasteiger partial charge is 0.248 e. The van der Waals surface area contributed by atoms with Gasteiger partial charge in [-0.05, 0) is 18.6 Å². The van der Waals surface area contributed by atoms with Crippen LogP contribution >= 0.6 is 11.6 Å². The molecule has 0 aliphatic heterocycles. The van der Waals surface area contributed by atoms with Crippen LogP contribution in [0.4, 0.5) is 5.69 Å². The van der Waals surface area contributed by atoms with Gasteiger partial charge in [0.1, 0.15) is 5.88 Å². The van der Waals surface area contributed by atoms with Crippen LogP contribution in [0.2, 0.25) is 0 Å². The third-order valence-corrected chi connectivity index (χ3v) is 2.09. The Labute approximate surface area is 87.3 Å². The average Bonchev–Trinajstić information content (AvgIpc) is 2.21. The van der Waals surface area contributed by atoms with Crippen molar-refractivity contribution in [2.24, 2.45) is 0 Å². The third-order valence-electron chi connectivity index (χ3n) is 1.86. The molecule has 0 saturated carbocycles. The zero-order valence-electron chi connectivity index (χ0n) is 7.74. The minimum absolute atomic E-state index is 0.201. The van der Waals surface area contributed by atoms with Gasteiger partial charge < -0.3 is 0 Å². The third kappa shape index (κ3) is 2.12. The summed E-state index contributed by atoms with van der Waals surface area (Å²) in [5.74, 6) is -0.622. The van der Waals surface area contributed by atoms with Crippen LogP contribution in [0.25, 0.3) is 0 Å². The lowest BCUT2D eigenvalue weighted by Crippen LogP contribution is -2.30. The van der Waals surface area contributed by atoms with Crippen LogP contribution in [0.5, 0.6) is 0 Å². The van der Waals surface area contributed by atoms with Gasteiger partial charge >= 0.3 is 0 Å². The molecule has 1 aromatic rings. The van der Waals surface area contributed by atoms with E-state index in [1.165, 1.54) is 0 Å². The Morgan fingerprint density at radius 1 is 1.50 bits per heavy atom. The second-order valence-corrected chi connectivity index (χ2v) is 3.06. The van der Waals surface area contributed by atoms with Crippen LogP contribution in [0.1, 0.15) is 5.56 Å². The van der Waals surface area contributed by atoms with Crippen molar-refractivity contribution in [2.75, 3.05) is 10.8 Å². The molecule has 3 nitrogen and oxygen atoms in total. The van der Waals surface area contributed by atoms with Gasteiger partial charge in [-0.25, -0.2) is 0 Å². The number of hydrogen-bond donors (Lipinski definition) is 0. The van der Waals surface area contributed by atoms with Gasteiger partial charge in [0.25, 0.3) is 0 Å². The maximum absolute atomic E-state index is 11.3. The van der Waals surface area contributed by atoms with Crippen LogP contribution < -0.4 is 4.90 Å². The van der Waals surface area contributed by atoms with Crippen molar-refractivity contribution in [1.82, 2.24) is 0 Å². The number of nitrogens with zero attached hydrogens (tertiary/aromatic N) is 1. The number of alkyl halides is 1. The monoisotopic (exact) mass is 211 g/mol. The molecule has 0 unspecified atom stereocenters. The molecule has 0 N–H and O–H groups in total. The first-order chi connectivity index (χ1) is 6.70. The van der Waals surface area contributed by atoms with Crippen LogP contribution in [0, 0.1) is 6.92 Å². The van der Waals surface area contributed by atoms with E-state index < -0.39 is 5.91 Å². The van der Waals surface area contributed by atoms with E-state index in [1.54, 1.807) is 12.1 Å². The number of anilines is 1. The van der Waals surface area contributed by atoms with E-state index >= 15 is 0 Å². The minimum atomic E-state index is -0.420. The first-order valence-corrected chi connectivity index (χ1v) is 4.63. The zero-order chi connectivity index (χ0) is 10.6. The lowest BCUT2D eigenvalue weighted by atomic mass is 10.2. The summed E-state index contributed by atoms with van der Waals surface area (Å²) in [7, 11) is 0. The van der Waals surface area contributed by atoms with Crippen LogP contribution in [-0.4, -0.2) is 18.2 Å². The SMILES string of the molecule is Cc1ccccc1N(C=O)C(=O)CCl. The molecule has 4 heteroatoms. The first kappa shape index (κ1) is 10.7. The molecule has 0 aliphatic carbocycles. The Bertz CT molecular complexity index is 352. The van der Waals surface area contributed by atoms with Crippen molar-refractivity contribution in [2.45, 2.75) is 6.92 Å². The van der Waals surface area contributed by atoms with E-state index in [9.17, 15) is 9.59 Å². The molecular weight excluding hydrogens is 202 g/mol. The molecule has 0 heterocycles. The minimum Gasteiger partial charge on any atom is -0.278 e. The lowest BCUT2D eigenvalue weighted by molar-refractivity contribution is -0.120. The molecule has 0 bridgehead atoms. The number of halogens is 1. The highest BCUT2D eigenvalue weighted by molar-refractivity contribution is 6.31. The molecule has 0 aliphatic rings. The van der Waals surface area contributed by atoms with Crippen molar-refractivity contribution >= 4 is 29.6 Å². The highest BCUT2D eigenvalue weighted by Crippen LogP contribution is 2.18. The molecule has 0 saturated heterocycles. The Morgan fingerprint density at radius 2 is 2.14 bits per heavy atom. The fourth-order valence-corrected chi connectivity index (χ4v) is 1.28. The summed E-state index contributed by atoms with van der Waals surface area (Å²) in [6.07, 6.45) is 0.479. The van der Waals surface area contributed by atoms with Gasteiger partial charge in [-0.15, -0.1) is 11.6 Å². The quantitative estimate of drug-likeness (QED) is 0.564. The average molecular weight is 212 g/mol. The number of hydrogen-bond acceptors (Lipinski definition) is 2. The van der Waals surface area contributed by atoms with Gasteiger partial charge in [0.2, 0.25) is 12.3 Å². The van der Waals surface area contributed by atoms with Gasteiger partial charge in [-0.1, -0.05) is 18.2 Å². The molecular formula is C10H10ClNO2. The van der Waals surface area contributed by atoms with E-state index in [1.807, 2.05) is 19.1 Å². The molecule has 1 aromatic carbocycles. The summed E-state index contributed by atoms with van der Waals surface area (Å²) >= 11 is 5.38. The maximum atomic E-state index is 11.3. The lowest BCUT2D eigenvalue weighted by Gasteiger charge is -2.16. The van der Waals surface area contributed by atoms with E-state index in [4.69, 9.17) is 11.6 Å². The topological polar surface area (TPSA) is 37.4 Å². The molecule has 0 spiro atoms. The second kappa shape index (κ2) is 4.77. The Balaban J connectivity index is 3.07. The number of carbonyl (C=O) groups excluding carboxylic acids is 2. The van der Waals surface area contributed by atoms with Crippen molar-refractivity contribution in [3.8, 4) is 0 Å². The first-order valence-electron chi connectivity index (χ1n) is 4.09. The Hall–Kier alpha value is -1.35. The van der Waals surface area contributed by atoms with Crippen LogP contribution in [-0.2, 0) is 9.59 Å². The van der Waals surface area contributed by atoms with Gasteiger partial charge in [-0.3, -0.25) is 14.5 Å². The molecule has 1 rings (SSSR count). The van der Waals surface area contributed by atoms with Crippen molar-refractivity contribution in [3.63, 3.8) is 0 Å². The highest BCUT2D eigenvalue weighted by Gasteiger charge is 2.14. The standard InChI is InChI=1S/C10H10ClNO2/c1-8-4-2-3-5-9(8)12(7-13)10(14)6-11/h2-5,7H,6H2,1H3. The predicted octanol–water partition coefficient (Wildman–Crippen LogP) is 1.72. The van der Waals surface area contributed by atoms with E-state index in [-0.39, 0.29) is 5.88 Å². The van der Waals surface area contributed by atoms with Gasteiger partial charge in [-0.2, -0.15) is 0 Å². The largest absolute Gasteiger partial charge is 0.278 e. The van der Waals surface area contributed by atoms with Crippen LogP contribution in [0.3, 0.4) is 0 Å². The predicted molar refractivity (Wildman–Crippen MR) is 55.4 cm³/mol. The molecule has 74 valence electrons. The highest BCUT2D eigenvalue weighted by atomic mass is 35.5. The number of amides is 2. The number of imide groups is 1. The second-order valence-electron chi connectivity index (χ2n) is 2.79. The number of para-hydroxylation sites is 1. The summed E-state index contributed by atoms with van der Waals surface area (Å²) in [6.45, 7) is 1.83. The number of carbonyl (C=O) groups is 2. The summed E-state index contributed by atoms with van der Waals surface area (Å²) in [5, 5.41) is 0. The van der Waals surface area contributed by atoms with Crippen molar-refractivity contribution in [3.05, 3.63) is 29.8 Å². The number of aryl methyl sites for hydroxylation is 1. The van der Waals surface area contributed by atoms with E-state index in [2.05, 4.69) is 0 Å². The summed E-state index contributed by atoms with van der Waals surface area (Å²) in [6, 6.07) is 7.13. The Morgan fingerprint density at radius 3 is 2.64 bits per heavy atom. The van der Waals surface area contributed by atoms with Crippen molar-refractivity contribution in [1.29, 1.82) is 0 Å². The molecule has 0 aromatic heterocycles. The normalized spacial score (nSPS) is 9.57. The molecule has 2 amide bonds. The Kier molecular flexibility index (Phi) is 3.65. The zero-order valence-corrected chi connectivity index (χ0v) is 8.49. The maximum Gasteiger partial charge on any atom is 0.248 e. The van der Waals surface area contributed by atoms with Crippen LogP contribution in [0.15, 0.2) is 24.3 Å². The molecule has 0 radical (unpaired) electrons. The summed E-state index contributed by atoms with van der Waals surface area (Å²) < 4.78 is 0. The fraction of sp³-hybridized carbons (Fsp3) is 0.200. The number of benzene rings is 1. The van der Waals surface area contributed by atoms with Gasteiger partial charge in [0.05, 0.1) is 5.69 Å². The molecule has 14 heavy (non-hydrogen) atoms. The molecule has 0 atom stereocenters. The fourth-order valence-electron chi connectivity index (χ4n) is 1.15. The van der Waals surface area contributed by atoms with Gasteiger partial charge in [0, 0.05) is 0 Å². The van der Waals surface area contributed by atoms with Gasteiger partial charge in [0.15, 0.2) is 0 Å². The summed E-state index contributed by atoms with van der Waals surface area (Å²) in [5.41, 5.74) is 1.44. The van der Waals surface area contributed by atoms with Crippen molar-refractivity contribution < 1.29 is 9.59 Å².